The predicted octanol–water partition coefficient (Wildman–Crippen LogP) is 7.83. The van der Waals surface area contributed by atoms with Gasteiger partial charge in [0.15, 0.2) is 11.5 Å². The predicted molar refractivity (Wildman–Crippen MR) is 149 cm³/mol. The first-order valence-corrected chi connectivity index (χ1v) is 12.6. The maximum absolute atomic E-state index is 14.2. The molecule has 1 aliphatic rings. The molecule has 1 unspecified atom stereocenters. The Kier molecular flexibility index (Phi) is 6.24. The molecule has 5 nitrogen and oxygen atoms in total. The number of ether oxygens (including phenoxy) is 1. The zero-order valence-electron chi connectivity index (χ0n) is 19.8. The molecule has 2 heterocycles. The molecule has 0 aliphatic carbocycles. The third kappa shape index (κ3) is 4.26. The van der Waals surface area contributed by atoms with Crippen molar-refractivity contribution >= 4 is 45.6 Å². The summed E-state index contributed by atoms with van der Waals surface area (Å²) in [4.78, 5) is 27.7. The smallest absolute Gasteiger partial charge is 0.344 e. The molecule has 6 rings (SSSR count). The van der Waals surface area contributed by atoms with E-state index in [4.69, 9.17) is 32.4 Å². The minimum atomic E-state index is -0.827. The first-order valence-electron chi connectivity index (χ1n) is 11.9. The molecule has 4 aromatic carbocycles. The van der Waals surface area contributed by atoms with E-state index in [0.717, 1.165) is 0 Å². The van der Waals surface area contributed by atoms with Crippen LogP contribution in [0.1, 0.15) is 27.4 Å². The van der Waals surface area contributed by atoms with Crippen LogP contribution in [0.25, 0.3) is 11.0 Å². The monoisotopic (exact) mass is 539 g/mol. The second-order valence-corrected chi connectivity index (χ2v) is 9.60. The molecule has 0 fully saturated rings. The second-order valence-electron chi connectivity index (χ2n) is 8.76. The van der Waals surface area contributed by atoms with E-state index in [1.165, 1.54) is 0 Å². The van der Waals surface area contributed by atoms with E-state index in [-0.39, 0.29) is 33.4 Å². The molecule has 1 atom stereocenters. The molecule has 186 valence electrons. The summed E-state index contributed by atoms with van der Waals surface area (Å²) in [6.45, 7) is 0. The zero-order valence-corrected chi connectivity index (χ0v) is 21.3. The van der Waals surface area contributed by atoms with Crippen molar-refractivity contribution < 1.29 is 13.9 Å². The first-order chi connectivity index (χ1) is 18.5. The highest BCUT2D eigenvalue weighted by molar-refractivity contribution is 6.35. The van der Waals surface area contributed by atoms with Crippen LogP contribution in [0, 0.1) is 0 Å². The third-order valence-electron chi connectivity index (χ3n) is 6.42. The molecule has 7 heteroatoms. The fourth-order valence-corrected chi connectivity index (χ4v) is 5.03. The Morgan fingerprint density at radius 3 is 2.24 bits per heavy atom. The Bertz CT molecular complexity index is 1780. The van der Waals surface area contributed by atoms with Crippen LogP contribution in [-0.2, 0) is 0 Å². The number of halogens is 2. The lowest BCUT2D eigenvalue weighted by Crippen LogP contribution is -2.30. The van der Waals surface area contributed by atoms with Crippen molar-refractivity contribution in [1.82, 2.24) is 0 Å². The first kappa shape index (κ1) is 24.0. The van der Waals surface area contributed by atoms with Gasteiger partial charge in [0.2, 0.25) is 5.88 Å². The van der Waals surface area contributed by atoms with Gasteiger partial charge in [0.1, 0.15) is 5.58 Å². The molecule has 0 saturated carbocycles. The van der Waals surface area contributed by atoms with Crippen molar-refractivity contribution in [3.8, 4) is 5.75 Å². The van der Waals surface area contributed by atoms with Crippen LogP contribution in [0.2, 0.25) is 10.0 Å². The molecular weight excluding hydrogens is 521 g/mol. The van der Waals surface area contributed by atoms with Crippen LogP contribution < -0.4 is 15.7 Å². The molecule has 0 spiro atoms. The highest BCUT2D eigenvalue weighted by atomic mass is 35.5. The van der Waals surface area contributed by atoms with Crippen molar-refractivity contribution in [3.63, 3.8) is 0 Å². The number of ketones is 1. The largest absolute Gasteiger partial charge is 0.439 e. The third-order valence-corrected chi connectivity index (χ3v) is 7.00. The van der Waals surface area contributed by atoms with E-state index in [1.54, 1.807) is 60.7 Å². The summed E-state index contributed by atoms with van der Waals surface area (Å²) >= 11 is 12.7. The average Bonchev–Trinajstić information content (AvgIpc) is 2.93. The minimum Gasteiger partial charge on any atom is -0.439 e. The number of para-hydroxylation sites is 2. The van der Waals surface area contributed by atoms with E-state index >= 15 is 0 Å². The van der Waals surface area contributed by atoms with Crippen LogP contribution in [0.15, 0.2) is 124 Å². The normalized spacial score (nSPS) is 14.6. The number of benzene rings is 4. The maximum atomic E-state index is 14.2. The van der Waals surface area contributed by atoms with Crippen LogP contribution >= 0.6 is 23.2 Å². The molecule has 1 aliphatic heterocycles. The Labute approximate surface area is 227 Å². The van der Waals surface area contributed by atoms with E-state index in [1.807, 2.05) is 42.5 Å². The van der Waals surface area contributed by atoms with Gasteiger partial charge in [-0.1, -0.05) is 77.8 Å². The van der Waals surface area contributed by atoms with E-state index < -0.39 is 11.5 Å². The topological polar surface area (TPSA) is 68.5 Å². The second kappa shape index (κ2) is 9.86. The molecule has 1 N–H and O–H groups in total. The number of hydrogen-bond donors (Lipinski definition) is 1. The van der Waals surface area contributed by atoms with Crippen LogP contribution in [-0.4, -0.2) is 5.78 Å². The van der Waals surface area contributed by atoms with Gasteiger partial charge in [-0.2, -0.15) is 0 Å². The average molecular weight is 540 g/mol. The van der Waals surface area contributed by atoms with Gasteiger partial charge in [-0.15, -0.1) is 0 Å². The number of Topliss-reactive ketones (excluding diaryl/α,β-unsaturated/α-hetero) is 1. The lowest BCUT2D eigenvalue weighted by molar-refractivity contribution is 0.102. The molecule has 0 amide bonds. The molecular formula is C31H19Cl2NO4. The molecule has 0 saturated heterocycles. The Balaban J connectivity index is 1.68. The number of allylic oxidation sites excluding steroid dienone is 1. The zero-order chi connectivity index (χ0) is 26.2. The Hall–Kier alpha value is -4.32. The van der Waals surface area contributed by atoms with Crippen LogP contribution in [0.5, 0.6) is 5.75 Å². The van der Waals surface area contributed by atoms with E-state index in [9.17, 15) is 9.59 Å². The summed E-state index contributed by atoms with van der Waals surface area (Å²) in [7, 11) is 0. The van der Waals surface area contributed by atoms with Gasteiger partial charge >= 0.3 is 5.63 Å². The number of anilines is 1. The molecule has 1 aromatic heterocycles. The fourth-order valence-electron chi connectivity index (χ4n) is 4.69. The summed E-state index contributed by atoms with van der Waals surface area (Å²) in [6.07, 6.45) is 0. The van der Waals surface area contributed by atoms with Gasteiger partial charge in [-0.05, 0) is 54.1 Å². The number of carbonyl (C=O) groups excluding carboxylic acids is 1. The number of nitrogens with one attached hydrogen (secondary N) is 1. The van der Waals surface area contributed by atoms with Gasteiger partial charge in [0.05, 0.1) is 27.5 Å². The number of carbonyl (C=O) groups is 1. The molecule has 0 bridgehead atoms. The van der Waals surface area contributed by atoms with Gasteiger partial charge in [0.25, 0.3) is 0 Å². The number of hydrogen-bond acceptors (Lipinski definition) is 5. The van der Waals surface area contributed by atoms with Crippen molar-refractivity contribution in [2.45, 2.75) is 5.92 Å². The highest BCUT2D eigenvalue weighted by Gasteiger charge is 2.40. The van der Waals surface area contributed by atoms with Crippen molar-refractivity contribution in [2.75, 3.05) is 5.32 Å². The van der Waals surface area contributed by atoms with E-state index in [2.05, 4.69) is 5.32 Å². The van der Waals surface area contributed by atoms with Crippen molar-refractivity contribution in [3.05, 3.63) is 152 Å². The lowest BCUT2D eigenvalue weighted by atomic mass is 9.80. The quantitative estimate of drug-likeness (QED) is 0.182. The number of rotatable bonds is 5. The van der Waals surface area contributed by atoms with E-state index in [0.29, 0.717) is 33.0 Å². The Morgan fingerprint density at radius 2 is 1.47 bits per heavy atom. The van der Waals surface area contributed by atoms with Crippen LogP contribution in [0.4, 0.5) is 5.69 Å². The summed E-state index contributed by atoms with van der Waals surface area (Å²) < 4.78 is 12.1. The number of fused-ring (bicyclic) bond motifs is 3. The van der Waals surface area contributed by atoms with Gasteiger partial charge in [0, 0.05) is 16.3 Å². The molecule has 38 heavy (non-hydrogen) atoms. The Morgan fingerprint density at radius 1 is 0.789 bits per heavy atom. The highest BCUT2D eigenvalue weighted by Crippen LogP contribution is 2.46. The lowest BCUT2D eigenvalue weighted by Gasteiger charge is -2.30. The fraction of sp³-hybridized carbons (Fsp3) is 0.0323. The van der Waals surface area contributed by atoms with Gasteiger partial charge < -0.3 is 14.5 Å². The van der Waals surface area contributed by atoms with Gasteiger partial charge in [-0.3, -0.25) is 4.79 Å². The van der Waals surface area contributed by atoms with Crippen molar-refractivity contribution in [1.29, 1.82) is 0 Å². The van der Waals surface area contributed by atoms with Crippen LogP contribution in [0.3, 0.4) is 0 Å². The summed E-state index contributed by atoms with van der Waals surface area (Å²) in [5.41, 5.74) is 1.89. The summed E-state index contributed by atoms with van der Waals surface area (Å²) in [6, 6.07) is 30.3. The van der Waals surface area contributed by atoms with Gasteiger partial charge in [-0.25, -0.2) is 4.79 Å². The molecule has 5 aromatic rings. The standard InChI is InChI=1S/C31H19Cl2NO4/c32-19-16-14-18(15-17-19)25-26(28(35)21-10-4-6-12-23(21)33)30(34-20-8-2-1-3-9-20)38-29-22-11-5-7-13-24(22)37-31(36)27(25)29/h1-17,25,34H. The maximum Gasteiger partial charge on any atom is 0.344 e. The SMILES string of the molecule is O=C(C1=C(Nc2ccccc2)Oc2c(c(=O)oc3ccccc23)C1c1ccc(Cl)cc1)c1ccccc1Cl. The summed E-state index contributed by atoms with van der Waals surface area (Å²) in [5, 5.41) is 4.69. The van der Waals surface area contributed by atoms with Crippen molar-refractivity contribution in [2.24, 2.45) is 0 Å². The molecule has 0 radical (unpaired) electrons. The summed E-state index contributed by atoms with van der Waals surface area (Å²) in [5.74, 6) is -0.686. The minimum absolute atomic E-state index is 0.198.